The largest absolute Gasteiger partial charge is 0.493 e. The number of nitrogens with zero attached hydrogens (tertiary/aromatic N) is 3. The van der Waals surface area contributed by atoms with Crippen molar-refractivity contribution in [1.29, 1.82) is 0 Å². The van der Waals surface area contributed by atoms with Crippen LogP contribution in [0.15, 0.2) is 40.9 Å². The Morgan fingerprint density at radius 2 is 2.00 bits per heavy atom. The number of hydrogen-bond acceptors (Lipinski definition) is 7. The average molecular weight is 458 g/mol. The van der Waals surface area contributed by atoms with Crippen LogP contribution in [0.4, 0.5) is 14.5 Å². The second-order valence-electron chi connectivity index (χ2n) is 7.77. The first-order valence-corrected chi connectivity index (χ1v) is 10.5. The highest BCUT2D eigenvalue weighted by atomic mass is 19.1. The van der Waals surface area contributed by atoms with Crippen LogP contribution in [-0.2, 0) is 11.3 Å². The molecule has 174 valence electrons. The zero-order chi connectivity index (χ0) is 23.4. The first-order chi connectivity index (χ1) is 16.0. The zero-order valence-corrected chi connectivity index (χ0v) is 18.3. The smallest absolute Gasteiger partial charge is 0.241 e. The normalized spacial score (nSPS) is 16.4. The van der Waals surface area contributed by atoms with E-state index in [1.54, 1.807) is 26.4 Å². The van der Waals surface area contributed by atoms with Crippen LogP contribution in [0, 0.1) is 17.6 Å². The maximum atomic E-state index is 13.9. The Morgan fingerprint density at radius 1 is 1.18 bits per heavy atom. The summed E-state index contributed by atoms with van der Waals surface area (Å²) in [7, 11) is 3.11. The molecule has 2 heterocycles. The standard InChI is InChI=1S/C23H24F2N4O4/c1-31-19-8-5-14(10-20(19)32-2)22-27-21(33-28-22)13-29-9-3-4-15(12-29)23(30)26-18-7-6-16(24)11-17(18)25/h5-8,10-11,15H,3-4,9,12-13H2,1-2H3,(H,26,30)/t15-/m0/s1. The summed E-state index contributed by atoms with van der Waals surface area (Å²) in [5, 5.41) is 6.61. The SMILES string of the molecule is COc1ccc(-c2noc(CN3CCC[C@H](C(=O)Nc4ccc(F)cc4F)C3)n2)cc1OC. The third kappa shape index (κ3) is 5.28. The van der Waals surface area contributed by atoms with Crippen molar-refractivity contribution in [1.82, 2.24) is 15.0 Å². The van der Waals surface area contributed by atoms with E-state index in [1.807, 2.05) is 11.0 Å². The number of halogens is 2. The summed E-state index contributed by atoms with van der Waals surface area (Å²) in [5.74, 6) is -0.134. The molecule has 3 aromatic rings. The number of amides is 1. The molecule has 1 saturated heterocycles. The number of rotatable bonds is 7. The van der Waals surface area contributed by atoms with Crippen LogP contribution in [0.3, 0.4) is 0 Å². The molecule has 0 radical (unpaired) electrons. The van der Waals surface area contributed by atoms with Crippen molar-refractivity contribution in [3.05, 3.63) is 53.9 Å². The Bertz CT molecular complexity index is 1140. The highest BCUT2D eigenvalue weighted by Gasteiger charge is 2.27. The molecule has 1 aromatic heterocycles. The molecule has 1 aliphatic rings. The van der Waals surface area contributed by atoms with Crippen LogP contribution in [0.5, 0.6) is 11.5 Å². The summed E-state index contributed by atoms with van der Waals surface area (Å²) in [4.78, 5) is 19.1. The minimum atomic E-state index is -0.801. The number of aromatic nitrogens is 2. The molecule has 0 bridgehead atoms. The topological polar surface area (TPSA) is 89.7 Å². The Balaban J connectivity index is 1.39. The lowest BCUT2D eigenvalue weighted by atomic mass is 9.97. The average Bonchev–Trinajstić information content (AvgIpc) is 3.29. The van der Waals surface area contributed by atoms with Gasteiger partial charge in [-0.3, -0.25) is 9.69 Å². The third-order valence-corrected chi connectivity index (χ3v) is 5.53. The molecule has 4 rings (SSSR count). The molecule has 1 N–H and O–H groups in total. The molecule has 0 unspecified atom stereocenters. The van der Waals surface area contributed by atoms with Gasteiger partial charge in [0.05, 0.1) is 32.4 Å². The fourth-order valence-electron chi connectivity index (χ4n) is 3.84. The van der Waals surface area contributed by atoms with Gasteiger partial charge in [0, 0.05) is 18.2 Å². The van der Waals surface area contributed by atoms with Gasteiger partial charge in [0.25, 0.3) is 0 Å². The van der Waals surface area contributed by atoms with Gasteiger partial charge in [0.2, 0.25) is 17.6 Å². The second-order valence-corrected chi connectivity index (χ2v) is 7.77. The number of methoxy groups -OCH3 is 2. The molecule has 1 amide bonds. The monoisotopic (exact) mass is 458 g/mol. The lowest BCUT2D eigenvalue weighted by Gasteiger charge is -2.30. The summed E-state index contributed by atoms with van der Waals surface area (Å²) in [5.41, 5.74) is 0.690. The molecule has 0 aliphatic carbocycles. The van der Waals surface area contributed by atoms with Crippen LogP contribution in [0.2, 0.25) is 0 Å². The minimum Gasteiger partial charge on any atom is -0.493 e. The maximum absolute atomic E-state index is 13.9. The molecule has 10 heteroatoms. The van der Waals surface area contributed by atoms with Gasteiger partial charge in [-0.25, -0.2) is 8.78 Å². The summed E-state index contributed by atoms with van der Waals surface area (Å²) >= 11 is 0. The summed E-state index contributed by atoms with van der Waals surface area (Å²) in [6.07, 6.45) is 1.46. The predicted molar refractivity (Wildman–Crippen MR) is 116 cm³/mol. The van der Waals surface area contributed by atoms with Crippen molar-refractivity contribution in [2.45, 2.75) is 19.4 Å². The van der Waals surface area contributed by atoms with Gasteiger partial charge in [-0.1, -0.05) is 5.16 Å². The van der Waals surface area contributed by atoms with Gasteiger partial charge in [-0.15, -0.1) is 0 Å². The Morgan fingerprint density at radius 3 is 2.76 bits per heavy atom. The van der Waals surface area contributed by atoms with Crippen molar-refractivity contribution in [2.24, 2.45) is 5.92 Å². The van der Waals surface area contributed by atoms with Gasteiger partial charge in [0.15, 0.2) is 11.5 Å². The van der Waals surface area contributed by atoms with E-state index in [0.717, 1.165) is 30.7 Å². The summed E-state index contributed by atoms with van der Waals surface area (Å²) in [6, 6.07) is 8.42. The van der Waals surface area contributed by atoms with Gasteiger partial charge in [0.1, 0.15) is 11.6 Å². The van der Waals surface area contributed by atoms with Crippen LogP contribution in [0.25, 0.3) is 11.4 Å². The Hall–Kier alpha value is -3.53. The van der Waals surface area contributed by atoms with E-state index in [2.05, 4.69) is 15.5 Å². The van der Waals surface area contributed by atoms with E-state index in [4.69, 9.17) is 14.0 Å². The van der Waals surface area contributed by atoms with E-state index in [9.17, 15) is 13.6 Å². The molecule has 1 atom stereocenters. The van der Waals surface area contributed by atoms with Gasteiger partial charge < -0.3 is 19.3 Å². The maximum Gasteiger partial charge on any atom is 0.241 e. The van der Waals surface area contributed by atoms with Crippen LogP contribution in [0.1, 0.15) is 18.7 Å². The first-order valence-electron chi connectivity index (χ1n) is 10.5. The van der Waals surface area contributed by atoms with Crippen LogP contribution in [-0.4, -0.2) is 48.3 Å². The van der Waals surface area contributed by atoms with Crippen LogP contribution >= 0.6 is 0 Å². The van der Waals surface area contributed by atoms with Crippen molar-refractivity contribution >= 4 is 11.6 Å². The molecule has 1 aliphatic heterocycles. The molecular formula is C23H24F2N4O4. The van der Waals surface area contributed by atoms with E-state index in [0.29, 0.717) is 42.7 Å². The number of carbonyl (C=O) groups excluding carboxylic acids is 1. The molecule has 2 aromatic carbocycles. The molecule has 8 nitrogen and oxygen atoms in total. The van der Waals surface area contributed by atoms with Crippen LogP contribution < -0.4 is 14.8 Å². The molecule has 33 heavy (non-hydrogen) atoms. The number of anilines is 1. The Kier molecular flexibility index (Phi) is 6.83. The highest BCUT2D eigenvalue weighted by molar-refractivity contribution is 5.92. The van der Waals surface area contributed by atoms with E-state index < -0.39 is 11.6 Å². The number of nitrogens with one attached hydrogen (secondary N) is 1. The first kappa shape index (κ1) is 22.7. The number of ether oxygens (including phenoxy) is 2. The zero-order valence-electron chi connectivity index (χ0n) is 18.3. The number of carbonyl (C=O) groups is 1. The summed E-state index contributed by atoms with van der Waals surface area (Å²) in [6.45, 7) is 1.61. The van der Waals surface area contributed by atoms with Gasteiger partial charge in [-0.05, 0) is 49.7 Å². The lowest BCUT2D eigenvalue weighted by Crippen LogP contribution is -2.40. The summed E-state index contributed by atoms with van der Waals surface area (Å²) < 4.78 is 42.9. The highest BCUT2D eigenvalue weighted by Crippen LogP contribution is 2.31. The number of likely N-dealkylation sites (tertiary alicyclic amines) is 1. The molecule has 0 spiro atoms. The fourth-order valence-corrected chi connectivity index (χ4v) is 3.84. The van der Waals surface area contributed by atoms with E-state index in [-0.39, 0.29) is 17.5 Å². The molecule has 1 fully saturated rings. The van der Waals surface area contributed by atoms with Crippen molar-refractivity contribution < 1.29 is 27.6 Å². The molecular weight excluding hydrogens is 434 g/mol. The fraction of sp³-hybridized carbons (Fsp3) is 0.348. The quantitative estimate of drug-likeness (QED) is 0.575. The number of hydrogen-bond donors (Lipinski definition) is 1. The number of piperidine rings is 1. The van der Waals surface area contributed by atoms with E-state index in [1.165, 1.54) is 6.07 Å². The molecule has 0 saturated carbocycles. The van der Waals surface area contributed by atoms with Gasteiger partial charge >= 0.3 is 0 Å². The van der Waals surface area contributed by atoms with Crippen molar-refractivity contribution in [3.63, 3.8) is 0 Å². The van der Waals surface area contributed by atoms with Crippen molar-refractivity contribution in [3.8, 4) is 22.9 Å². The Labute approximate surface area is 189 Å². The number of benzene rings is 2. The minimum absolute atomic E-state index is 0.0324. The van der Waals surface area contributed by atoms with Gasteiger partial charge in [-0.2, -0.15) is 4.98 Å². The lowest BCUT2D eigenvalue weighted by molar-refractivity contribution is -0.121. The van der Waals surface area contributed by atoms with Crippen molar-refractivity contribution in [2.75, 3.05) is 32.6 Å². The van der Waals surface area contributed by atoms with E-state index >= 15 is 0 Å². The third-order valence-electron chi connectivity index (χ3n) is 5.53. The predicted octanol–water partition coefficient (Wildman–Crippen LogP) is 3.88. The second kappa shape index (κ2) is 9.95.